The third-order valence-electron chi connectivity index (χ3n) is 3.12. The highest BCUT2D eigenvalue weighted by Gasteiger charge is 2.30. The van der Waals surface area contributed by atoms with E-state index in [1.54, 1.807) is 35.2 Å². The summed E-state index contributed by atoms with van der Waals surface area (Å²) < 4.78 is 0. The van der Waals surface area contributed by atoms with Crippen LogP contribution >= 0.6 is 0 Å². The maximum absolute atomic E-state index is 11.8. The lowest BCUT2D eigenvalue weighted by Crippen LogP contribution is -2.54. The van der Waals surface area contributed by atoms with Crippen LogP contribution in [-0.4, -0.2) is 42.1 Å². The number of anilines is 1. The Hall–Kier alpha value is -2.68. The van der Waals surface area contributed by atoms with E-state index in [1.807, 2.05) is 0 Å². The maximum atomic E-state index is 11.8. The summed E-state index contributed by atoms with van der Waals surface area (Å²) in [7, 11) is 0. The molecular weight excluding hydrogens is 258 g/mol. The Kier molecular flexibility index (Phi) is 3.80. The minimum Gasteiger partial charge on any atom is -0.353 e. The predicted molar refractivity (Wildman–Crippen MR) is 71.0 cm³/mol. The molecule has 6 heteroatoms. The zero-order valence-electron chi connectivity index (χ0n) is 11.0. The Morgan fingerprint density at radius 2 is 1.75 bits per heavy atom. The molecule has 1 aliphatic heterocycles. The lowest BCUT2D eigenvalue weighted by atomic mass is 10.1. The topological polar surface area (TPSA) is 81.5 Å². The van der Waals surface area contributed by atoms with Crippen molar-refractivity contribution in [3.8, 4) is 6.07 Å². The molecule has 6 nitrogen and oxygen atoms in total. The van der Waals surface area contributed by atoms with Gasteiger partial charge in [0, 0.05) is 11.3 Å². The second kappa shape index (κ2) is 5.53. The molecule has 102 valence electrons. The Labute approximate surface area is 116 Å². The monoisotopic (exact) mass is 271 g/mol. The molecule has 0 spiro atoms. The summed E-state index contributed by atoms with van der Waals surface area (Å²) in [6, 6.07) is 8.53. The van der Waals surface area contributed by atoms with Gasteiger partial charge in [-0.2, -0.15) is 5.26 Å². The first-order valence-electron chi connectivity index (χ1n) is 6.09. The Balaban J connectivity index is 2.15. The van der Waals surface area contributed by atoms with E-state index >= 15 is 0 Å². The first kappa shape index (κ1) is 13.7. The van der Waals surface area contributed by atoms with Crippen molar-refractivity contribution in [2.75, 3.05) is 24.5 Å². The van der Waals surface area contributed by atoms with Crippen LogP contribution in [0.2, 0.25) is 0 Å². The largest absolute Gasteiger partial charge is 0.353 e. The predicted octanol–water partition coefficient (Wildman–Crippen LogP) is 0.588. The lowest BCUT2D eigenvalue weighted by Gasteiger charge is -2.32. The van der Waals surface area contributed by atoms with Crippen LogP contribution in [0.4, 0.5) is 5.69 Å². The Bertz CT molecular complexity index is 583. The third-order valence-corrected chi connectivity index (χ3v) is 3.12. The van der Waals surface area contributed by atoms with E-state index in [-0.39, 0.29) is 25.4 Å². The molecule has 1 heterocycles. The summed E-state index contributed by atoms with van der Waals surface area (Å²) >= 11 is 0. The average Bonchev–Trinajstić information content (AvgIpc) is 2.42. The summed E-state index contributed by atoms with van der Waals surface area (Å²) in [6.45, 7) is 1.36. The summed E-state index contributed by atoms with van der Waals surface area (Å²) in [5.74, 6) is -0.820. The zero-order valence-corrected chi connectivity index (χ0v) is 11.0. The van der Waals surface area contributed by atoms with Gasteiger partial charge >= 0.3 is 0 Å². The van der Waals surface area contributed by atoms with Crippen molar-refractivity contribution in [1.29, 1.82) is 5.26 Å². The molecule has 0 N–H and O–H groups in total. The van der Waals surface area contributed by atoms with E-state index in [4.69, 9.17) is 5.26 Å². The first-order valence-corrected chi connectivity index (χ1v) is 6.09. The van der Waals surface area contributed by atoms with Gasteiger partial charge in [0.2, 0.25) is 11.8 Å². The van der Waals surface area contributed by atoms with Crippen LogP contribution in [0.5, 0.6) is 0 Å². The van der Waals surface area contributed by atoms with E-state index in [9.17, 15) is 14.4 Å². The van der Waals surface area contributed by atoms with Gasteiger partial charge in [-0.3, -0.25) is 19.3 Å². The number of benzene rings is 1. The van der Waals surface area contributed by atoms with Gasteiger partial charge in [-0.15, -0.1) is 0 Å². The number of nitriles is 1. The van der Waals surface area contributed by atoms with Gasteiger partial charge in [-0.25, -0.2) is 0 Å². The summed E-state index contributed by atoms with van der Waals surface area (Å²) in [5.41, 5.74) is 1.28. The number of piperazine rings is 1. The van der Waals surface area contributed by atoms with Crippen molar-refractivity contribution < 1.29 is 14.4 Å². The number of carbonyl (C=O) groups excluding carboxylic acids is 3. The summed E-state index contributed by atoms with van der Waals surface area (Å²) in [6.07, 6.45) is 0. The fraction of sp³-hybridized carbons (Fsp3) is 0.286. The number of carbonyl (C=O) groups is 3. The number of Topliss-reactive ketones (excluding diaryl/α,β-unsaturated/α-hetero) is 1. The van der Waals surface area contributed by atoms with Gasteiger partial charge < -0.3 is 4.90 Å². The quantitative estimate of drug-likeness (QED) is 0.456. The molecule has 1 fully saturated rings. The molecule has 1 aliphatic rings. The maximum Gasteiger partial charge on any atom is 0.249 e. The average molecular weight is 271 g/mol. The van der Waals surface area contributed by atoms with Crippen molar-refractivity contribution in [3.05, 3.63) is 29.8 Å². The Morgan fingerprint density at radius 1 is 1.20 bits per heavy atom. The molecule has 0 saturated carbocycles. The van der Waals surface area contributed by atoms with E-state index in [1.165, 1.54) is 6.92 Å². The molecule has 1 aromatic rings. The number of imide groups is 1. The van der Waals surface area contributed by atoms with Crippen molar-refractivity contribution in [1.82, 2.24) is 4.90 Å². The molecule has 0 atom stereocenters. The molecule has 0 aromatic heterocycles. The minimum atomic E-state index is -0.390. The van der Waals surface area contributed by atoms with Gasteiger partial charge in [-0.1, -0.05) is 0 Å². The SMILES string of the molecule is CC(=O)c1ccc(N2CC(=O)N(CC#N)C(=O)C2)cc1. The molecule has 20 heavy (non-hydrogen) atoms. The van der Waals surface area contributed by atoms with Crippen LogP contribution in [0, 0.1) is 11.3 Å². The highest BCUT2D eigenvalue weighted by atomic mass is 16.2. The van der Waals surface area contributed by atoms with Crippen LogP contribution < -0.4 is 4.90 Å². The van der Waals surface area contributed by atoms with Crippen LogP contribution in [0.25, 0.3) is 0 Å². The highest BCUT2D eigenvalue weighted by Crippen LogP contribution is 2.18. The van der Waals surface area contributed by atoms with Crippen molar-refractivity contribution >= 4 is 23.3 Å². The smallest absolute Gasteiger partial charge is 0.249 e. The van der Waals surface area contributed by atoms with Crippen LogP contribution in [0.15, 0.2) is 24.3 Å². The molecular formula is C14H13N3O3. The van der Waals surface area contributed by atoms with E-state index in [0.717, 1.165) is 4.90 Å². The number of amides is 2. The second-order valence-electron chi connectivity index (χ2n) is 4.49. The van der Waals surface area contributed by atoms with E-state index < -0.39 is 11.8 Å². The molecule has 0 aliphatic carbocycles. The molecule has 2 amide bonds. The van der Waals surface area contributed by atoms with Crippen molar-refractivity contribution in [2.45, 2.75) is 6.92 Å². The summed E-state index contributed by atoms with van der Waals surface area (Å²) in [5, 5.41) is 8.58. The van der Waals surface area contributed by atoms with Crippen LogP contribution in [0.1, 0.15) is 17.3 Å². The van der Waals surface area contributed by atoms with E-state index in [2.05, 4.69) is 0 Å². The number of nitrogens with zero attached hydrogens (tertiary/aromatic N) is 3. The fourth-order valence-corrected chi connectivity index (χ4v) is 2.03. The lowest BCUT2D eigenvalue weighted by molar-refractivity contribution is -0.144. The minimum absolute atomic E-state index is 0.0393. The number of rotatable bonds is 3. The normalized spacial score (nSPS) is 15.2. The Morgan fingerprint density at radius 3 is 2.20 bits per heavy atom. The molecule has 2 rings (SSSR count). The zero-order chi connectivity index (χ0) is 14.7. The molecule has 0 radical (unpaired) electrons. The van der Waals surface area contributed by atoms with Crippen molar-refractivity contribution in [2.24, 2.45) is 0 Å². The van der Waals surface area contributed by atoms with Gasteiger partial charge in [0.15, 0.2) is 5.78 Å². The number of ketones is 1. The summed E-state index contributed by atoms with van der Waals surface area (Å²) in [4.78, 5) is 37.4. The molecule has 0 bridgehead atoms. The van der Waals surface area contributed by atoms with Gasteiger partial charge in [0.05, 0.1) is 19.2 Å². The fourth-order valence-electron chi connectivity index (χ4n) is 2.03. The van der Waals surface area contributed by atoms with Crippen molar-refractivity contribution in [3.63, 3.8) is 0 Å². The van der Waals surface area contributed by atoms with Crippen LogP contribution in [-0.2, 0) is 9.59 Å². The van der Waals surface area contributed by atoms with Gasteiger partial charge in [0.25, 0.3) is 0 Å². The molecule has 1 saturated heterocycles. The van der Waals surface area contributed by atoms with E-state index in [0.29, 0.717) is 11.3 Å². The third kappa shape index (κ3) is 2.67. The molecule has 0 unspecified atom stereocenters. The highest BCUT2D eigenvalue weighted by molar-refractivity contribution is 6.03. The van der Waals surface area contributed by atoms with Gasteiger partial charge in [-0.05, 0) is 31.2 Å². The van der Waals surface area contributed by atoms with Gasteiger partial charge in [0.1, 0.15) is 6.54 Å². The molecule has 1 aromatic carbocycles. The standard InChI is InChI=1S/C14H13N3O3/c1-10(18)11-2-4-12(5-3-11)16-8-13(19)17(7-6-15)14(20)9-16/h2-5H,7-9H2,1H3. The first-order chi connectivity index (χ1) is 9.52. The second-order valence-corrected chi connectivity index (χ2v) is 4.49. The van der Waals surface area contributed by atoms with Crippen LogP contribution in [0.3, 0.4) is 0 Å². The number of hydrogen-bond donors (Lipinski definition) is 0. The number of hydrogen-bond acceptors (Lipinski definition) is 5.